The van der Waals surface area contributed by atoms with Gasteiger partial charge in [-0.3, -0.25) is 9.48 Å². The standard InChI is InChI=1S/C26H29N9O3/c1-4-12-34-25(37)18-10-11-21(31-23(18)35(34)16(2)3)32-26-27-13-19(24-28-15-29-38-24)22(33-26)30-20(14-36)17-8-6-5-7-9-17/h5-11,13,15-16,20,36H,4,12,14H2,1-3H3,(H2,27,30,31,32,33)/t20-/m1/s1. The summed E-state index contributed by atoms with van der Waals surface area (Å²) in [6, 6.07) is 12.6. The lowest BCUT2D eigenvalue weighted by Crippen LogP contribution is -2.24. The molecule has 0 saturated heterocycles. The maximum Gasteiger partial charge on any atom is 0.276 e. The Morgan fingerprint density at radius 1 is 1.08 bits per heavy atom. The fraction of sp³-hybridized carbons (Fsp3) is 0.308. The highest BCUT2D eigenvalue weighted by molar-refractivity contribution is 5.77. The van der Waals surface area contributed by atoms with Crippen LogP contribution in [-0.2, 0) is 6.54 Å². The zero-order valence-electron chi connectivity index (χ0n) is 21.4. The van der Waals surface area contributed by atoms with Gasteiger partial charge in [0.2, 0.25) is 5.95 Å². The molecule has 0 aliphatic carbocycles. The molecule has 0 amide bonds. The monoisotopic (exact) mass is 515 g/mol. The largest absolute Gasteiger partial charge is 0.394 e. The van der Waals surface area contributed by atoms with Gasteiger partial charge in [-0.2, -0.15) is 9.97 Å². The van der Waals surface area contributed by atoms with E-state index in [1.54, 1.807) is 23.0 Å². The number of nitrogens with zero attached hydrogens (tertiary/aromatic N) is 7. The van der Waals surface area contributed by atoms with Crippen molar-refractivity contribution in [2.45, 2.75) is 45.8 Å². The highest BCUT2D eigenvalue weighted by Gasteiger charge is 2.20. The topological polar surface area (TPSA) is 149 Å². The number of rotatable bonds is 10. The minimum Gasteiger partial charge on any atom is -0.394 e. The Morgan fingerprint density at radius 2 is 1.89 bits per heavy atom. The van der Waals surface area contributed by atoms with Crippen LogP contribution in [0.3, 0.4) is 0 Å². The van der Waals surface area contributed by atoms with E-state index in [1.165, 1.54) is 6.33 Å². The molecule has 12 nitrogen and oxygen atoms in total. The number of anilines is 3. The highest BCUT2D eigenvalue weighted by Crippen LogP contribution is 2.29. The Bertz CT molecular complexity index is 1580. The fourth-order valence-electron chi connectivity index (χ4n) is 4.35. The summed E-state index contributed by atoms with van der Waals surface area (Å²) in [5.74, 6) is 1.38. The normalized spacial score (nSPS) is 12.2. The molecule has 0 aliphatic heterocycles. The van der Waals surface area contributed by atoms with Gasteiger partial charge in [0.1, 0.15) is 17.2 Å². The molecule has 5 rings (SSSR count). The summed E-state index contributed by atoms with van der Waals surface area (Å²) in [6.07, 6.45) is 3.69. The molecule has 4 aromatic heterocycles. The molecule has 3 N–H and O–H groups in total. The molecular weight excluding hydrogens is 486 g/mol. The molecule has 0 aliphatic rings. The van der Waals surface area contributed by atoms with Crippen LogP contribution in [0.15, 0.2) is 64.3 Å². The minimum atomic E-state index is -0.436. The Morgan fingerprint density at radius 3 is 2.58 bits per heavy atom. The summed E-state index contributed by atoms with van der Waals surface area (Å²) in [6.45, 7) is 6.52. The molecule has 1 aromatic carbocycles. The molecule has 196 valence electrons. The molecule has 1 atom stereocenters. The Balaban J connectivity index is 1.52. The Kier molecular flexibility index (Phi) is 7.13. The van der Waals surface area contributed by atoms with Crippen LogP contribution in [0, 0.1) is 0 Å². The zero-order valence-corrected chi connectivity index (χ0v) is 21.4. The van der Waals surface area contributed by atoms with Crippen LogP contribution >= 0.6 is 0 Å². The average molecular weight is 516 g/mol. The molecule has 0 bridgehead atoms. The van der Waals surface area contributed by atoms with Crippen molar-refractivity contribution in [3.05, 3.63) is 70.9 Å². The van der Waals surface area contributed by atoms with Crippen molar-refractivity contribution in [3.63, 3.8) is 0 Å². The van der Waals surface area contributed by atoms with Crippen LogP contribution in [0.25, 0.3) is 22.5 Å². The van der Waals surface area contributed by atoms with E-state index in [9.17, 15) is 9.90 Å². The predicted molar refractivity (Wildman–Crippen MR) is 143 cm³/mol. The third-order valence-corrected chi connectivity index (χ3v) is 6.06. The first-order valence-electron chi connectivity index (χ1n) is 12.5. The SMILES string of the molecule is CCCn1c(=O)c2ccc(Nc3ncc(-c4ncno4)c(N[C@H](CO)c4ccccc4)n3)nc2n1C(C)C. The van der Waals surface area contributed by atoms with E-state index < -0.39 is 6.04 Å². The van der Waals surface area contributed by atoms with Crippen LogP contribution in [0.4, 0.5) is 17.6 Å². The van der Waals surface area contributed by atoms with Crippen LogP contribution in [0.1, 0.15) is 44.8 Å². The quantitative estimate of drug-likeness (QED) is 0.250. The van der Waals surface area contributed by atoms with Crippen molar-refractivity contribution in [2.24, 2.45) is 0 Å². The van der Waals surface area contributed by atoms with E-state index in [1.807, 2.05) is 55.8 Å². The smallest absolute Gasteiger partial charge is 0.276 e. The fourth-order valence-corrected chi connectivity index (χ4v) is 4.35. The molecule has 0 spiro atoms. The van der Waals surface area contributed by atoms with E-state index in [0.717, 1.165) is 12.0 Å². The first kappa shape index (κ1) is 25.1. The van der Waals surface area contributed by atoms with Crippen LogP contribution in [0.5, 0.6) is 0 Å². The van der Waals surface area contributed by atoms with Crippen molar-refractivity contribution in [3.8, 4) is 11.5 Å². The van der Waals surface area contributed by atoms with Crippen molar-refractivity contribution in [1.29, 1.82) is 0 Å². The number of hydrogen-bond acceptors (Lipinski definition) is 10. The van der Waals surface area contributed by atoms with Gasteiger partial charge in [-0.25, -0.2) is 14.6 Å². The third kappa shape index (κ3) is 4.85. The number of aliphatic hydroxyl groups is 1. The summed E-state index contributed by atoms with van der Waals surface area (Å²) >= 11 is 0. The van der Waals surface area contributed by atoms with Gasteiger partial charge in [0.25, 0.3) is 11.4 Å². The number of pyridine rings is 1. The van der Waals surface area contributed by atoms with E-state index in [4.69, 9.17) is 9.51 Å². The molecule has 12 heteroatoms. The summed E-state index contributed by atoms with van der Waals surface area (Å²) in [5, 5.41) is 20.7. The molecule has 0 saturated carbocycles. The molecule has 4 heterocycles. The van der Waals surface area contributed by atoms with Crippen molar-refractivity contribution >= 4 is 28.6 Å². The molecule has 0 unspecified atom stereocenters. The molecule has 0 fully saturated rings. The second kappa shape index (κ2) is 10.8. The van der Waals surface area contributed by atoms with Crippen LogP contribution < -0.4 is 16.2 Å². The van der Waals surface area contributed by atoms with Gasteiger partial charge >= 0.3 is 0 Å². The van der Waals surface area contributed by atoms with Gasteiger partial charge in [0.15, 0.2) is 12.0 Å². The summed E-state index contributed by atoms with van der Waals surface area (Å²) in [7, 11) is 0. The summed E-state index contributed by atoms with van der Waals surface area (Å²) in [4.78, 5) is 30.9. The zero-order chi connectivity index (χ0) is 26.6. The van der Waals surface area contributed by atoms with Crippen molar-refractivity contribution < 1.29 is 9.63 Å². The van der Waals surface area contributed by atoms with Crippen molar-refractivity contribution in [1.82, 2.24) is 34.5 Å². The van der Waals surface area contributed by atoms with Gasteiger partial charge < -0.3 is 20.3 Å². The molecular formula is C26H29N9O3. The number of nitrogens with one attached hydrogen (secondary N) is 2. The first-order valence-corrected chi connectivity index (χ1v) is 12.5. The summed E-state index contributed by atoms with van der Waals surface area (Å²) in [5.41, 5.74) is 1.90. The third-order valence-electron chi connectivity index (χ3n) is 6.06. The van der Waals surface area contributed by atoms with Gasteiger partial charge in [0, 0.05) is 18.8 Å². The van der Waals surface area contributed by atoms with Crippen molar-refractivity contribution in [2.75, 3.05) is 17.2 Å². The second-order valence-electron chi connectivity index (χ2n) is 9.05. The van der Waals surface area contributed by atoms with E-state index >= 15 is 0 Å². The van der Waals surface area contributed by atoms with Gasteiger partial charge in [0.05, 0.1) is 18.0 Å². The maximum atomic E-state index is 13.0. The lowest BCUT2D eigenvalue weighted by atomic mass is 10.1. The number of aromatic nitrogens is 7. The number of benzene rings is 1. The minimum absolute atomic E-state index is 0.0450. The first-order chi connectivity index (χ1) is 18.5. The molecule has 38 heavy (non-hydrogen) atoms. The Labute approximate surface area is 218 Å². The number of fused-ring (bicyclic) bond motifs is 1. The van der Waals surface area contributed by atoms with E-state index in [0.29, 0.717) is 34.8 Å². The number of aliphatic hydroxyl groups excluding tert-OH is 1. The lowest BCUT2D eigenvalue weighted by Gasteiger charge is -2.19. The van der Waals surface area contributed by atoms with Crippen LogP contribution in [0.2, 0.25) is 0 Å². The predicted octanol–water partition coefficient (Wildman–Crippen LogP) is 3.92. The van der Waals surface area contributed by atoms with Gasteiger partial charge in [-0.05, 0) is 38.0 Å². The van der Waals surface area contributed by atoms with Gasteiger partial charge in [-0.1, -0.05) is 42.4 Å². The average Bonchev–Trinajstić information content (AvgIpc) is 3.55. The molecule has 5 aromatic rings. The lowest BCUT2D eigenvalue weighted by molar-refractivity contribution is 0.276. The maximum absolute atomic E-state index is 13.0. The molecule has 0 radical (unpaired) electrons. The van der Waals surface area contributed by atoms with E-state index in [2.05, 4.69) is 30.7 Å². The van der Waals surface area contributed by atoms with E-state index in [-0.39, 0.29) is 30.0 Å². The second-order valence-corrected chi connectivity index (χ2v) is 9.05. The van der Waals surface area contributed by atoms with Crippen LogP contribution in [-0.4, -0.2) is 46.2 Å². The number of hydrogen-bond donors (Lipinski definition) is 3. The highest BCUT2D eigenvalue weighted by atomic mass is 16.5. The Hall–Kier alpha value is -4.58. The van der Waals surface area contributed by atoms with Gasteiger partial charge in [-0.15, -0.1) is 0 Å². The summed E-state index contributed by atoms with van der Waals surface area (Å²) < 4.78 is 8.91.